The average molecular weight is 285 g/mol. The molecule has 3 rings (SSSR count). The van der Waals surface area contributed by atoms with E-state index >= 15 is 0 Å². The zero-order chi connectivity index (χ0) is 14.3. The smallest absolute Gasteiger partial charge is 0.0730 e. The Balaban J connectivity index is 2.15. The van der Waals surface area contributed by atoms with Crippen molar-refractivity contribution in [2.75, 3.05) is 0 Å². The van der Waals surface area contributed by atoms with Gasteiger partial charge in [-0.1, -0.05) is 41.4 Å². The van der Waals surface area contributed by atoms with Gasteiger partial charge in [-0.15, -0.1) is 0 Å². The maximum atomic E-state index is 11.0. The Morgan fingerprint density at radius 2 is 1.85 bits per heavy atom. The molecule has 1 N–H and O–H groups in total. The first-order valence-corrected chi connectivity index (χ1v) is 6.53. The molecule has 2 aromatic carbocycles. The van der Waals surface area contributed by atoms with Crippen LogP contribution in [0.5, 0.6) is 0 Å². The molecule has 1 aromatic heterocycles. The molecule has 3 aromatic rings. The number of carbonyl (C=O) groups is 1. The van der Waals surface area contributed by atoms with Crippen LogP contribution < -0.4 is 5.11 Å². The van der Waals surface area contributed by atoms with E-state index in [9.17, 15) is 9.90 Å². The summed E-state index contributed by atoms with van der Waals surface area (Å²) in [5.41, 5.74) is 3.96. The Bertz CT molecular complexity index is 803. The van der Waals surface area contributed by atoms with E-state index in [-0.39, 0.29) is 10.6 Å². The normalized spacial score (nSPS) is 10.9. The van der Waals surface area contributed by atoms with Crippen LogP contribution in [-0.2, 0) is 0 Å². The number of carboxylic acids is 1. The van der Waals surface area contributed by atoms with Crippen LogP contribution in [0.1, 0.15) is 15.9 Å². The van der Waals surface area contributed by atoms with Gasteiger partial charge in [-0.2, -0.15) is 0 Å². The molecular weight excluding hydrogens is 274 g/mol. The Labute approximate surface area is 120 Å². The van der Waals surface area contributed by atoms with Crippen molar-refractivity contribution < 1.29 is 9.90 Å². The first-order chi connectivity index (χ1) is 9.54. The third-order valence-electron chi connectivity index (χ3n) is 3.29. The minimum Gasteiger partial charge on any atom is -0.545 e. The highest BCUT2D eigenvalue weighted by Crippen LogP contribution is 2.28. The zero-order valence-corrected chi connectivity index (χ0v) is 11.5. The van der Waals surface area contributed by atoms with Gasteiger partial charge in [0.25, 0.3) is 0 Å². The zero-order valence-electron chi connectivity index (χ0n) is 10.7. The molecule has 100 valence electrons. The van der Waals surface area contributed by atoms with Gasteiger partial charge in [-0.25, -0.2) is 0 Å². The number of aromatic carboxylic acids is 1. The Kier molecular flexibility index (Phi) is 2.99. The molecule has 0 bridgehead atoms. The molecule has 0 atom stereocenters. The van der Waals surface area contributed by atoms with Crippen LogP contribution in [0.25, 0.3) is 22.2 Å². The number of benzene rings is 2. The summed E-state index contributed by atoms with van der Waals surface area (Å²) in [4.78, 5) is 14.2. The quantitative estimate of drug-likeness (QED) is 0.786. The summed E-state index contributed by atoms with van der Waals surface area (Å²) in [7, 11) is 0. The maximum Gasteiger partial charge on any atom is 0.0730 e. The molecule has 0 fully saturated rings. The standard InChI is InChI=1S/C16H12ClNO2/c1-9-2-4-10(5-3-9)14-7-11-6-12(16(19)20)13(17)8-15(11)18-14/h2-8,18H,1H3,(H,19,20)/p-1. The lowest BCUT2D eigenvalue weighted by atomic mass is 10.1. The molecular formula is C16H11ClNO2-. The molecule has 0 saturated carbocycles. The van der Waals surface area contributed by atoms with Crippen LogP contribution in [0.15, 0.2) is 42.5 Å². The topological polar surface area (TPSA) is 55.9 Å². The van der Waals surface area contributed by atoms with Crippen LogP contribution in [0.3, 0.4) is 0 Å². The lowest BCUT2D eigenvalue weighted by Crippen LogP contribution is -2.22. The van der Waals surface area contributed by atoms with Gasteiger partial charge in [-0.3, -0.25) is 0 Å². The number of carbonyl (C=O) groups excluding carboxylic acids is 1. The Hall–Kier alpha value is -2.26. The number of aromatic nitrogens is 1. The largest absolute Gasteiger partial charge is 0.545 e. The minimum atomic E-state index is -1.27. The number of hydrogen-bond acceptors (Lipinski definition) is 2. The molecule has 0 spiro atoms. The van der Waals surface area contributed by atoms with Crippen molar-refractivity contribution in [3.63, 3.8) is 0 Å². The first-order valence-electron chi connectivity index (χ1n) is 6.15. The SMILES string of the molecule is Cc1ccc(-c2cc3cc(C(=O)[O-])c(Cl)cc3[nH]2)cc1. The molecule has 0 unspecified atom stereocenters. The monoisotopic (exact) mass is 284 g/mol. The molecule has 0 saturated heterocycles. The van der Waals surface area contributed by atoms with Crippen molar-refractivity contribution in [1.29, 1.82) is 0 Å². The van der Waals surface area contributed by atoms with Gasteiger partial charge in [0.15, 0.2) is 0 Å². The average Bonchev–Trinajstić information content (AvgIpc) is 2.81. The summed E-state index contributed by atoms with van der Waals surface area (Å²) >= 11 is 5.93. The molecule has 0 aliphatic carbocycles. The summed E-state index contributed by atoms with van der Waals surface area (Å²) in [5.74, 6) is -1.27. The second-order valence-electron chi connectivity index (χ2n) is 4.76. The second-order valence-corrected chi connectivity index (χ2v) is 5.16. The van der Waals surface area contributed by atoms with E-state index in [2.05, 4.69) is 4.98 Å². The lowest BCUT2D eigenvalue weighted by molar-refractivity contribution is -0.255. The van der Waals surface area contributed by atoms with Crippen molar-refractivity contribution in [2.24, 2.45) is 0 Å². The molecule has 0 aliphatic heterocycles. The highest BCUT2D eigenvalue weighted by atomic mass is 35.5. The van der Waals surface area contributed by atoms with Gasteiger partial charge >= 0.3 is 0 Å². The molecule has 4 heteroatoms. The number of H-pyrrole nitrogens is 1. The molecule has 20 heavy (non-hydrogen) atoms. The number of hydrogen-bond donors (Lipinski definition) is 1. The fraction of sp³-hybridized carbons (Fsp3) is 0.0625. The minimum absolute atomic E-state index is 0.00798. The fourth-order valence-corrected chi connectivity index (χ4v) is 2.44. The number of aryl methyl sites for hydroxylation is 1. The third-order valence-corrected chi connectivity index (χ3v) is 3.60. The van der Waals surface area contributed by atoms with Crippen LogP contribution in [-0.4, -0.2) is 11.0 Å². The van der Waals surface area contributed by atoms with E-state index in [0.717, 1.165) is 22.2 Å². The fourth-order valence-electron chi connectivity index (χ4n) is 2.20. The summed E-state index contributed by atoms with van der Waals surface area (Å²) in [6.45, 7) is 2.03. The summed E-state index contributed by atoms with van der Waals surface area (Å²) in [5, 5.41) is 11.9. The number of aromatic amines is 1. The van der Waals surface area contributed by atoms with E-state index in [0.29, 0.717) is 0 Å². The molecule has 0 aliphatic rings. The van der Waals surface area contributed by atoms with Crippen LogP contribution in [0.2, 0.25) is 5.02 Å². The van der Waals surface area contributed by atoms with Gasteiger partial charge in [0.05, 0.1) is 11.0 Å². The molecule has 3 nitrogen and oxygen atoms in total. The van der Waals surface area contributed by atoms with Crippen molar-refractivity contribution in [1.82, 2.24) is 4.98 Å². The van der Waals surface area contributed by atoms with Crippen LogP contribution >= 0.6 is 11.6 Å². The van der Waals surface area contributed by atoms with Crippen molar-refractivity contribution in [3.8, 4) is 11.3 Å². The van der Waals surface area contributed by atoms with E-state index in [1.807, 2.05) is 37.3 Å². The van der Waals surface area contributed by atoms with Crippen molar-refractivity contribution in [2.45, 2.75) is 6.92 Å². The highest BCUT2D eigenvalue weighted by Gasteiger charge is 2.08. The van der Waals surface area contributed by atoms with Crippen molar-refractivity contribution in [3.05, 3.63) is 58.6 Å². The second kappa shape index (κ2) is 4.69. The van der Waals surface area contributed by atoms with E-state index < -0.39 is 5.97 Å². The van der Waals surface area contributed by atoms with Gasteiger partial charge in [-0.05, 0) is 30.7 Å². The third kappa shape index (κ3) is 2.17. The summed E-state index contributed by atoms with van der Waals surface area (Å²) in [6.07, 6.45) is 0. The summed E-state index contributed by atoms with van der Waals surface area (Å²) < 4.78 is 0. The highest BCUT2D eigenvalue weighted by molar-refractivity contribution is 6.34. The Morgan fingerprint density at radius 3 is 2.50 bits per heavy atom. The van der Waals surface area contributed by atoms with Crippen LogP contribution in [0.4, 0.5) is 0 Å². The van der Waals surface area contributed by atoms with Crippen molar-refractivity contribution >= 4 is 28.5 Å². The Morgan fingerprint density at radius 1 is 1.15 bits per heavy atom. The number of rotatable bonds is 2. The first kappa shape index (κ1) is 12.8. The van der Waals surface area contributed by atoms with E-state index in [1.54, 1.807) is 6.07 Å². The van der Waals surface area contributed by atoms with Gasteiger partial charge in [0, 0.05) is 22.2 Å². The van der Waals surface area contributed by atoms with Gasteiger partial charge in [0.1, 0.15) is 0 Å². The number of fused-ring (bicyclic) bond motifs is 1. The van der Waals surface area contributed by atoms with Gasteiger partial charge < -0.3 is 14.9 Å². The predicted molar refractivity (Wildman–Crippen MR) is 77.8 cm³/mol. The van der Waals surface area contributed by atoms with E-state index in [1.165, 1.54) is 11.6 Å². The number of halogens is 1. The lowest BCUT2D eigenvalue weighted by Gasteiger charge is -2.04. The molecule has 0 radical (unpaired) electrons. The molecule has 1 heterocycles. The molecule has 0 amide bonds. The number of carboxylic acid groups (broad SMARTS) is 1. The predicted octanol–water partition coefficient (Wildman–Crippen LogP) is 3.16. The summed E-state index contributed by atoms with van der Waals surface area (Å²) in [6, 6.07) is 13.1. The van der Waals surface area contributed by atoms with Gasteiger partial charge in [0.2, 0.25) is 0 Å². The number of nitrogens with one attached hydrogen (secondary N) is 1. The maximum absolute atomic E-state index is 11.0. The van der Waals surface area contributed by atoms with Crippen LogP contribution in [0, 0.1) is 6.92 Å². The van der Waals surface area contributed by atoms with E-state index in [4.69, 9.17) is 11.6 Å².